The van der Waals surface area contributed by atoms with E-state index in [2.05, 4.69) is 9.72 Å². The van der Waals surface area contributed by atoms with Gasteiger partial charge in [-0.2, -0.15) is 13.2 Å². The fourth-order valence-electron chi connectivity index (χ4n) is 4.66. The number of aromatic nitrogens is 1. The largest absolute Gasteiger partial charge is 0.489 e. The molecule has 0 aliphatic rings. The van der Waals surface area contributed by atoms with E-state index in [4.69, 9.17) is 9.47 Å². The van der Waals surface area contributed by atoms with Crippen molar-refractivity contribution in [3.8, 4) is 11.5 Å². The highest BCUT2D eigenvalue weighted by atomic mass is 19.4. The molecular formula is C34H28F3NO4. The van der Waals surface area contributed by atoms with Gasteiger partial charge in [0.05, 0.1) is 18.2 Å². The van der Waals surface area contributed by atoms with Crippen LogP contribution in [-0.4, -0.2) is 24.7 Å². The molecule has 0 N–H and O–H groups in total. The van der Waals surface area contributed by atoms with Crippen molar-refractivity contribution in [2.24, 2.45) is 0 Å². The first-order chi connectivity index (χ1) is 20.3. The maximum Gasteiger partial charge on any atom is 0.418 e. The Morgan fingerprint density at radius 3 is 2.14 bits per heavy atom. The van der Waals surface area contributed by atoms with Gasteiger partial charge in [-0.1, -0.05) is 66.7 Å². The summed E-state index contributed by atoms with van der Waals surface area (Å²) in [5.74, 6) is 0.646. The highest BCUT2D eigenvalue weighted by Crippen LogP contribution is 2.35. The average Bonchev–Trinajstić information content (AvgIpc) is 2.99. The summed E-state index contributed by atoms with van der Waals surface area (Å²) in [7, 11) is 1.30. The number of esters is 1. The van der Waals surface area contributed by atoms with E-state index < -0.39 is 17.7 Å². The molecule has 0 saturated carbocycles. The van der Waals surface area contributed by atoms with Gasteiger partial charge in [-0.25, -0.2) is 4.79 Å². The highest BCUT2D eigenvalue weighted by Gasteiger charge is 2.33. The molecule has 0 amide bonds. The van der Waals surface area contributed by atoms with Crippen LogP contribution in [0.5, 0.6) is 11.5 Å². The van der Waals surface area contributed by atoms with Crippen LogP contribution in [0.2, 0.25) is 0 Å². The third-order valence-corrected chi connectivity index (χ3v) is 6.72. The molecule has 0 saturated heterocycles. The average molecular weight is 572 g/mol. The molecular weight excluding hydrogens is 543 g/mol. The fraction of sp³-hybridized carbons (Fsp3) is 0.176. The zero-order chi connectivity index (χ0) is 29.5. The normalized spacial score (nSPS) is 11.3. The number of rotatable bonds is 10. The molecule has 214 valence electrons. The van der Waals surface area contributed by atoms with Gasteiger partial charge in [0.2, 0.25) is 0 Å². The van der Waals surface area contributed by atoms with E-state index in [1.165, 1.54) is 13.2 Å². The Balaban J connectivity index is 1.39. The zero-order valence-electron chi connectivity index (χ0n) is 22.9. The van der Waals surface area contributed by atoms with Gasteiger partial charge in [0.25, 0.3) is 0 Å². The first-order valence-corrected chi connectivity index (χ1v) is 13.3. The molecule has 5 aromatic rings. The molecule has 5 nitrogen and oxygen atoms in total. The molecule has 1 heterocycles. The van der Waals surface area contributed by atoms with E-state index in [9.17, 15) is 18.0 Å². The van der Waals surface area contributed by atoms with Crippen LogP contribution in [0.15, 0.2) is 103 Å². The van der Waals surface area contributed by atoms with Gasteiger partial charge in [0, 0.05) is 17.5 Å². The lowest BCUT2D eigenvalue weighted by Crippen LogP contribution is -2.12. The summed E-state index contributed by atoms with van der Waals surface area (Å²) in [5.41, 5.74) is 3.37. The van der Waals surface area contributed by atoms with Gasteiger partial charge < -0.3 is 14.2 Å². The van der Waals surface area contributed by atoms with Gasteiger partial charge in [-0.05, 0) is 65.1 Å². The summed E-state index contributed by atoms with van der Waals surface area (Å²) in [5, 5.41) is 0.453. The minimum absolute atomic E-state index is 0.0569. The van der Waals surface area contributed by atoms with Crippen molar-refractivity contribution in [2.45, 2.75) is 25.6 Å². The van der Waals surface area contributed by atoms with Gasteiger partial charge in [-0.15, -0.1) is 0 Å². The number of carbonyl (C=O) groups is 1. The van der Waals surface area contributed by atoms with Crippen LogP contribution in [0.4, 0.5) is 13.2 Å². The molecule has 4 aromatic carbocycles. The lowest BCUT2D eigenvalue weighted by Gasteiger charge is -2.15. The van der Waals surface area contributed by atoms with Crippen LogP contribution < -0.4 is 9.47 Å². The van der Waals surface area contributed by atoms with E-state index in [-0.39, 0.29) is 18.7 Å². The number of para-hydroxylation sites is 1. The van der Waals surface area contributed by atoms with E-state index in [0.29, 0.717) is 35.4 Å². The number of nitrogens with zero attached hydrogens (tertiary/aromatic N) is 1. The van der Waals surface area contributed by atoms with E-state index in [0.717, 1.165) is 28.3 Å². The second-order valence-corrected chi connectivity index (χ2v) is 9.76. The molecule has 8 heteroatoms. The predicted molar refractivity (Wildman–Crippen MR) is 154 cm³/mol. The monoisotopic (exact) mass is 571 g/mol. The smallest absolute Gasteiger partial charge is 0.418 e. The van der Waals surface area contributed by atoms with E-state index in [1.807, 2.05) is 66.7 Å². The molecule has 5 rings (SSSR count). The molecule has 0 aliphatic heterocycles. The number of halogens is 3. The topological polar surface area (TPSA) is 57.7 Å². The maximum absolute atomic E-state index is 13.8. The lowest BCUT2D eigenvalue weighted by atomic mass is 9.96. The molecule has 0 fully saturated rings. The minimum Gasteiger partial charge on any atom is -0.489 e. The number of hydrogen-bond donors (Lipinski definition) is 0. The van der Waals surface area contributed by atoms with Gasteiger partial charge in [0.15, 0.2) is 6.61 Å². The quantitative estimate of drug-likeness (QED) is 0.162. The number of pyridine rings is 1. The Morgan fingerprint density at radius 2 is 1.40 bits per heavy atom. The molecule has 1 aromatic heterocycles. The van der Waals surface area contributed by atoms with Crippen LogP contribution in [0.25, 0.3) is 10.9 Å². The van der Waals surface area contributed by atoms with Gasteiger partial charge in [-0.3, -0.25) is 4.98 Å². The lowest BCUT2D eigenvalue weighted by molar-refractivity contribution is -0.143. The Morgan fingerprint density at radius 1 is 0.738 bits per heavy atom. The number of fused-ring (bicyclic) bond motifs is 1. The Kier molecular flexibility index (Phi) is 8.71. The summed E-state index contributed by atoms with van der Waals surface area (Å²) in [6, 6.07) is 30.4. The molecule has 42 heavy (non-hydrogen) atoms. The van der Waals surface area contributed by atoms with E-state index >= 15 is 0 Å². The second-order valence-electron chi connectivity index (χ2n) is 9.76. The second kappa shape index (κ2) is 12.8. The van der Waals surface area contributed by atoms with Crippen molar-refractivity contribution >= 4 is 16.9 Å². The molecule has 0 spiro atoms. The predicted octanol–water partition coefficient (Wildman–Crippen LogP) is 7.57. The standard InChI is InChI=1S/C34H28F3NO4/c1-40-32(39)22-42-29-14-6-11-25(18-29)21-41-28-13-5-10-24(17-28)19-31-27(16-23-8-3-2-4-9-23)20-26-12-7-15-30(33(26)38-31)34(35,36)37/h2-15,17-18,20H,16,19,21-22H2,1H3. The number of methoxy groups -OCH3 is 1. The zero-order valence-corrected chi connectivity index (χ0v) is 22.9. The SMILES string of the molecule is COC(=O)COc1cccc(COc2cccc(Cc3nc4c(C(F)(F)F)cccc4cc3Cc3ccccc3)c2)c1. The van der Waals surface area contributed by atoms with Crippen LogP contribution >= 0.6 is 0 Å². The summed E-state index contributed by atoms with van der Waals surface area (Å²) in [6.45, 7) is 0.0592. The van der Waals surface area contributed by atoms with Crippen molar-refractivity contribution in [2.75, 3.05) is 13.7 Å². The van der Waals surface area contributed by atoms with Crippen LogP contribution in [0.1, 0.15) is 33.5 Å². The Hall–Kier alpha value is -4.85. The van der Waals surface area contributed by atoms with Crippen LogP contribution in [0.3, 0.4) is 0 Å². The first-order valence-electron chi connectivity index (χ1n) is 13.3. The molecule has 0 radical (unpaired) electrons. The van der Waals surface area contributed by atoms with Crippen molar-refractivity contribution in [1.82, 2.24) is 4.98 Å². The Bertz CT molecular complexity index is 1690. The summed E-state index contributed by atoms with van der Waals surface area (Å²) in [4.78, 5) is 15.9. The molecule has 0 aliphatic carbocycles. The number of benzene rings is 4. The maximum atomic E-state index is 13.8. The number of alkyl halides is 3. The van der Waals surface area contributed by atoms with Gasteiger partial charge >= 0.3 is 12.1 Å². The summed E-state index contributed by atoms with van der Waals surface area (Å²) in [6.07, 6.45) is -3.64. The Labute approximate surface area is 241 Å². The third kappa shape index (κ3) is 7.26. The van der Waals surface area contributed by atoms with Crippen molar-refractivity contribution in [3.05, 3.63) is 137 Å². The molecule has 0 unspecified atom stereocenters. The van der Waals surface area contributed by atoms with Crippen molar-refractivity contribution in [3.63, 3.8) is 0 Å². The van der Waals surface area contributed by atoms with Crippen LogP contribution in [-0.2, 0) is 35.2 Å². The molecule has 0 bridgehead atoms. The number of carbonyl (C=O) groups excluding carboxylic acids is 1. The van der Waals surface area contributed by atoms with Crippen molar-refractivity contribution < 1.29 is 32.2 Å². The number of ether oxygens (including phenoxy) is 3. The first kappa shape index (κ1) is 28.7. The molecule has 0 atom stereocenters. The van der Waals surface area contributed by atoms with Crippen molar-refractivity contribution in [1.29, 1.82) is 0 Å². The summed E-state index contributed by atoms with van der Waals surface area (Å²) >= 11 is 0. The fourth-order valence-corrected chi connectivity index (χ4v) is 4.66. The highest BCUT2D eigenvalue weighted by molar-refractivity contribution is 5.83. The van der Waals surface area contributed by atoms with E-state index in [1.54, 1.807) is 24.3 Å². The van der Waals surface area contributed by atoms with Crippen LogP contribution in [0, 0.1) is 0 Å². The summed E-state index contributed by atoms with van der Waals surface area (Å²) < 4.78 is 57.6. The third-order valence-electron chi connectivity index (χ3n) is 6.72. The number of hydrogen-bond acceptors (Lipinski definition) is 5. The minimum atomic E-state index is -4.51. The van der Waals surface area contributed by atoms with Gasteiger partial charge in [0.1, 0.15) is 18.1 Å².